The maximum atomic E-state index is 11.8. The highest BCUT2D eigenvalue weighted by Crippen LogP contribution is 2.35. The number of aliphatic hydroxyl groups is 1. The normalized spacial score (nSPS) is 23.2. The molecule has 2 N–H and O–H groups in total. The van der Waals surface area contributed by atoms with Crippen molar-refractivity contribution in [3.05, 3.63) is 35.9 Å². The van der Waals surface area contributed by atoms with E-state index in [9.17, 15) is 15.0 Å². The van der Waals surface area contributed by atoms with Gasteiger partial charge in [-0.3, -0.25) is 4.79 Å². The van der Waals surface area contributed by atoms with E-state index in [-0.39, 0.29) is 0 Å². The highest BCUT2D eigenvalue weighted by Gasteiger charge is 2.47. The number of likely N-dealkylation sites (tertiary alicyclic amines) is 1. The summed E-state index contributed by atoms with van der Waals surface area (Å²) in [5, 5.41) is 20.3. The summed E-state index contributed by atoms with van der Waals surface area (Å²) in [4.78, 5) is 14.0. The van der Waals surface area contributed by atoms with Crippen LogP contribution in [0.4, 0.5) is 0 Å². The van der Waals surface area contributed by atoms with E-state index in [1.54, 1.807) is 0 Å². The Kier molecular flexibility index (Phi) is 6.10. The van der Waals surface area contributed by atoms with Crippen LogP contribution in [0.2, 0.25) is 0 Å². The van der Waals surface area contributed by atoms with Crippen LogP contribution in [0.3, 0.4) is 0 Å². The lowest BCUT2D eigenvalue weighted by Crippen LogP contribution is -2.52. The van der Waals surface area contributed by atoms with Crippen molar-refractivity contribution in [3.8, 4) is 0 Å². The fourth-order valence-corrected chi connectivity index (χ4v) is 4.17. The smallest absolute Gasteiger partial charge is 0.312 e. The summed E-state index contributed by atoms with van der Waals surface area (Å²) in [7, 11) is 0. The molecule has 1 unspecified atom stereocenters. The number of nitrogens with zero attached hydrogens (tertiary/aromatic N) is 1. The first-order valence-electron chi connectivity index (χ1n) is 9.35. The SMILES string of the molecule is O=C(O)C1(C(O)CN2CCC(Cc3ccccc3)CC2)CCOCC1. The topological polar surface area (TPSA) is 70.0 Å². The summed E-state index contributed by atoms with van der Waals surface area (Å²) in [5.74, 6) is -0.213. The number of piperidine rings is 1. The minimum atomic E-state index is -1.04. The van der Waals surface area contributed by atoms with Crippen LogP contribution in [0.25, 0.3) is 0 Å². The monoisotopic (exact) mass is 347 g/mol. The number of benzene rings is 1. The Balaban J connectivity index is 1.50. The van der Waals surface area contributed by atoms with E-state index in [2.05, 4.69) is 29.2 Å². The van der Waals surface area contributed by atoms with E-state index >= 15 is 0 Å². The maximum Gasteiger partial charge on any atom is 0.312 e. The Morgan fingerprint density at radius 1 is 1.20 bits per heavy atom. The molecule has 25 heavy (non-hydrogen) atoms. The molecular formula is C20H29NO4. The minimum Gasteiger partial charge on any atom is -0.481 e. The van der Waals surface area contributed by atoms with E-state index in [4.69, 9.17) is 4.74 Å². The second-order valence-electron chi connectivity index (χ2n) is 7.52. The van der Waals surface area contributed by atoms with Gasteiger partial charge in [0.2, 0.25) is 0 Å². The summed E-state index contributed by atoms with van der Waals surface area (Å²) in [6, 6.07) is 10.6. The number of carbonyl (C=O) groups is 1. The second kappa shape index (κ2) is 8.30. The largest absolute Gasteiger partial charge is 0.481 e. The van der Waals surface area contributed by atoms with Gasteiger partial charge in [-0.2, -0.15) is 0 Å². The van der Waals surface area contributed by atoms with Crippen LogP contribution >= 0.6 is 0 Å². The van der Waals surface area contributed by atoms with Crippen molar-refractivity contribution in [2.75, 3.05) is 32.8 Å². The van der Waals surface area contributed by atoms with Crippen LogP contribution in [0.1, 0.15) is 31.2 Å². The number of aliphatic hydroxyl groups excluding tert-OH is 1. The molecule has 1 atom stereocenters. The molecule has 0 aromatic heterocycles. The van der Waals surface area contributed by atoms with Crippen LogP contribution < -0.4 is 0 Å². The van der Waals surface area contributed by atoms with Crippen molar-refractivity contribution in [1.29, 1.82) is 0 Å². The molecule has 0 amide bonds. The summed E-state index contributed by atoms with van der Waals surface area (Å²) < 4.78 is 5.30. The molecule has 2 aliphatic heterocycles. The number of carboxylic acid groups (broad SMARTS) is 1. The molecule has 2 heterocycles. The highest BCUT2D eigenvalue weighted by molar-refractivity contribution is 5.75. The standard InChI is InChI=1S/C20H29NO4/c22-18(20(19(23)24)8-12-25-13-9-20)15-21-10-6-17(7-11-21)14-16-4-2-1-3-5-16/h1-5,17-18,22H,6-15H2,(H,23,24). The van der Waals surface area contributed by atoms with E-state index in [1.165, 1.54) is 5.56 Å². The molecule has 0 radical (unpaired) electrons. The first-order valence-corrected chi connectivity index (χ1v) is 9.35. The predicted octanol–water partition coefficient (Wildman–Crippen LogP) is 2.18. The third kappa shape index (κ3) is 4.40. The quantitative estimate of drug-likeness (QED) is 0.825. The number of rotatable bonds is 6. The first-order chi connectivity index (χ1) is 12.1. The molecule has 2 saturated heterocycles. The van der Waals surface area contributed by atoms with E-state index in [0.717, 1.165) is 32.4 Å². The van der Waals surface area contributed by atoms with Gasteiger partial charge in [-0.15, -0.1) is 0 Å². The maximum absolute atomic E-state index is 11.8. The fraction of sp³-hybridized carbons (Fsp3) is 0.650. The summed E-state index contributed by atoms with van der Waals surface area (Å²) in [6.07, 6.45) is 3.27. The van der Waals surface area contributed by atoms with Gasteiger partial charge in [0.1, 0.15) is 0 Å². The van der Waals surface area contributed by atoms with Gasteiger partial charge in [0.15, 0.2) is 0 Å². The minimum absolute atomic E-state index is 0.397. The van der Waals surface area contributed by atoms with Crippen molar-refractivity contribution in [1.82, 2.24) is 4.90 Å². The zero-order chi connectivity index (χ0) is 17.7. The Bertz CT molecular complexity index is 548. The third-order valence-electron chi connectivity index (χ3n) is 5.95. The Morgan fingerprint density at radius 3 is 2.44 bits per heavy atom. The average Bonchev–Trinajstić information content (AvgIpc) is 2.64. The summed E-state index contributed by atoms with van der Waals surface area (Å²) in [5.41, 5.74) is 0.340. The van der Waals surface area contributed by atoms with Crippen LogP contribution in [-0.4, -0.2) is 60.0 Å². The van der Waals surface area contributed by atoms with Gasteiger partial charge in [-0.05, 0) is 56.7 Å². The van der Waals surface area contributed by atoms with Gasteiger partial charge in [-0.25, -0.2) is 0 Å². The lowest BCUT2D eigenvalue weighted by atomic mass is 9.75. The van der Waals surface area contributed by atoms with Crippen molar-refractivity contribution in [2.45, 2.75) is 38.2 Å². The fourth-order valence-electron chi connectivity index (χ4n) is 4.17. The lowest BCUT2D eigenvalue weighted by Gasteiger charge is -2.40. The van der Waals surface area contributed by atoms with Crippen LogP contribution in [0.15, 0.2) is 30.3 Å². The molecule has 0 bridgehead atoms. The average molecular weight is 347 g/mol. The second-order valence-corrected chi connectivity index (χ2v) is 7.52. The molecule has 5 nitrogen and oxygen atoms in total. The van der Waals surface area contributed by atoms with Crippen LogP contribution in [-0.2, 0) is 16.0 Å². The lowest BCUT2D eigenvalue weighted by molar-refractivity contribution is -0.167. The molecule has 1 aromatic carbocycles. The molecule has 3 rings (SSSR count). The van der Waals surface area contributed by atoms with E-state index in [0.29, 0.717) is 38.5 Å². The predicted molar refractivity (Wildman–Crippen MR) is 95.4 cm³/mol. The molecule has 138 valence electrons. The zero-order valence-electron chi connectivity index (χ0n) is 14.8. The molecular weight excluding hydrogens is 318 g/mol. The molecule has 1 aromatic rings. The number of hydrogen-bond acceptors (Lipinski definition) is 4. The van der Waals surface area contributed by atoms with Crippen LogP contribution in [0, 0.1) is 11.3 Å². The van der Waals surface area contributed by atoms with Gasteiger partial charge in [0, 0.05) is 19.8 Å². The van der Waals surface area contributed by atoms with Crippen molar-refractivity contribution >= 4 is 5.97 Å². The number of hydrogen-bond donors (Lipinski definition) is 2. The van der Waals surface area contributed by atoms with Crippen molar-refractivity contribution in [3.63, 3.8) is 0 Å². The number of ether oxygens (including phenoxy) is 1. The van der Waals surface area contributed by atoms with Crippen LogP contribution in [0.5, 0.6) is 0 Å². The van der Waals surface area contributed by atoms with Crippen molar-refractivity contribution in [2.24, 2.45) is 11.3 Å². The van der Waals surface area contributed by atoms with Gasteiger partial charge < -0.3 is 19.8 Å². The molecule has 5 heteroatoms. The molecule has 0 aliphatic carbocycles. The summed E-state index contributed by atoms with van der Waals surface area (Å²) >= 11 is 0. The number of β-amino-alcohol motifs (C(OH)–C–C–N with tert-alkyl or cyclic N) is 1. The molecule has 0 saturated carbocycles. The number of aliphatic carboxylic acids is 1. The Labute approximate surface area is 149 Å². The first kappa shape index (κ1) is 18.4. The van der Waals surface area contributed by atoms with Gasteiger partial charge in [0.05, 0.1) is 11.5 Å². The highest BCUT2D eigenvalue weighted by atomic mass is 16.5. The van der Waals surface area contributed by atoms with Crippen molar-refractivity contribution < 1.29 is 19.7 Å². The molecule has 2 fully saturated rings. The number of carboxylic acids is 1. The Morgan fingerprint density at radius 2 is 1.84 bits per heavy atom. The Hall–Kier alpha value is -1.43. The van der Waals surface area contributed by atoms with E-state index in [1.807, 2.05) is 6.07 Å². The van der Waals surface area contributed by atoms with E-state index < -0.39 is 17.5 Å². The van der Waals surface area contributed by atoms with Gasteiger partial charge in [-0.1, -0.05) is 30.3 Å². The summed E-state index contributed by atoms with van der Waals surface area (Å²) in [6.45, 7) is 3.15. The zero-order valence-corrected chi connectivity index (χ0v) is 14.8. The van der Waals surface area contributed by atoms with Gasteiger partial charge >= 0.3 is 5.97 Å². The molecule has 0 spiro atoms. The molecule has 2 aliphatic rings. The third-order valence-corrected chi connectivity index (χ3v) is 5.95. The van der Waals surface area contributed by atoms with Gasteiger partial charge in [0.25, 0.3) is 0 Å².